The van der Waals surface area contributed by atoms with Crippen LogP contribution in [-0.2, 0) is 23.1 Å². The molecule has 5 heteroatoms. The van der Waals surface area contributed by atoms with E-state index in [1.54, 1.807) is 0 Å². The number of aromatic nitrogens is 1. The maximum Gasteiger partial charge on any atom is 0.232 e. The average Bonchev–Trinajstić information content (AvgIpc) is 3.17. The van der Waals surface area contributed by atoms with Crippen molar-refractivity contribution in [3.63, 3.8) is 0 Å². The summed E-state index contributed by atoms with van der Waals surface area (Å²) in [5.74, 6) is 0.251. The number of nitrogens with one attached hydrogen (secondary N) is 1. The van der Waals surface area contributed by atoms with Crippen LogP contribution >= 0.6 is 0 Å². The largest absolute Gasteiger partial charge is 0.357 e. The van der Waals surface area contributed by atoms with Gasteiger partial charge in [0.05, 0.1) is 17.8 Å². The molecule has 0 bridgehead atoms. The van der Waals surface area contributed by atoms with Gasteiger partial charge in [0.2, 0.25) is 5.91 Å². The fourth-order valence-corrected chi connectivity index (χ4v) is 4.71. The van der Waals surface area contributed by atoms with Crippen LogP contribution in [0.15, 0.2) is 84.2 Å². The van der Waals surface area contributed by atoms with E-state index in [0.717, 1.165) is 28.3 Å². The number of aryl methyl sites for hydroxylation is 1. The Morgan fingerprint density at radius 2 is 1.68 bits per heavy atom. The highest BCUT2D eigenvalue weighted by atomic mass is 16.2. The van der Waals surface area contributed by atoms with Crippen LogP contribution in [-0.4, -0.2) is 16.3 Å². The van der Waals surface area contributed by atoms with E-state index in [4.69, 9.17) is 0 Å². The summed E-state index contributed by atoms with van der Waals surface area (Å²) < 4.78 is 2.01. The number of rotatable bonds is 7. The highest BCUT2D eigenvalue weighted by molar-refractivity contribution is 6.06. The Labute approximate surface area is 202 Å². The SMILES string of the molecule is CCC1=C(C(=O)CC(C)C)C(c2cccn2C)N(C(=O)Cc2ccccc2)c2ccccc2N1. The minimum Gasteiger partial charge on any atom is -0.357 e. The van der Waals surface area contributed by atoms with Crippen molar-refractivity contribution in [1.29, 1.82) is 0 Å². The van der Waals surface area contributed by atoms with Crippen LogP contribution in [0.2, 0.25) is 0 Å². The lowest BCUT2D eigenvalue weighted by atomic mass is 9.90. The molecule has 1 aromatic heterocycles. The lowest BCUT2D eigenvalue weighted by Crippen LogP contribution is -2.39. The maximum atomic E-state index is 14.0. The normalized spacial score (nSPS) is 15.7. The van der Waals surface area contributed by atoms with Crippen LogP contribution in [0.4, 0.5) is 11.4 Å². The number of hydrogen-bond donors (Lipinski definition) is 1. The number of amides is 1. The molecule has 1 amide bonds. The maximum absolute atomic E-state index is 14.0. The van der Waals surface area contributed by atoms with E-state index >= 15 is 0 Å². The molecule has 176 valence electrons. The van der Waals surface area contributed by atoms with Crippen molar-refractivity contribution >= 4 is 23.1 Å². The number of Topliss-reactive ketones (excluding diaryl/α,β-unsaturated/α-hetero) is 1. The van der Waals surface area contributed by atoms with E-state index in [0.29, 0.717) is 18.4 Å². The van der Waals surface area contributed by atoms with Crippen LogP contribution in [0.3, 0.4) is 0 Å². The molecule has 1 aliphatic heterocycles. The average molecular weight is 456 g/mol. The van der Waals surface area contributed by atoms with Gasteiger partial charge >= 0.3 is 0 Å². The number of allylic oxidation sites excluding steroid dienone is 1. The van der Waals surface area contributed by atoms with Gasteiger partial charge in [0.15, 0.2) is 5.78 Å². The Balaban J connectivity index is 1.94. The number of fused-ring (bicyclic) bond motifs is 1. The van der Waals surface area contributed by atoms with Crippen LogP contribution in [0.1, 0.15) is 50.9 Å². The van der Waals surface area contributed by atoms with Crippen molar-refractivity contribution in [2.45, 2.75) is 46.1 Å². The number of carbonyl (C=O) groups is 2. The first kappa shape index (κ1) is 23.6. The van der Waals surface area contributed by atoms with Gasteiger partial charge in [0.1, 0.15) is 6.04 Å². The summed E-state index contributed by atoms with van der Waals surface area (Å²) in [6.45, 7) is 6.16. The molecule has 1 unspecified atom stereocenters. The molecule has 1 N–H and O–H groups in total. The van der Waals surface area contributed by atoms with Gasteiger partial charge in [0, 0.05) is 36.6 Å². The molecule has 3 aromatic rings. The van der Waals surface area contributed by atoms with Crippen LogP contribution in [0.5, 0.6) is 0 Å². The standard InChI is InChI=1S/C29H33N3O2/c1-5-22-28(26(33)18-20(2)3)29(25-16-11-17-31(25)4)32(24-15-10-9-14-23(24)30-22)27(34)19-21-12-7-6-8-13-21/h6-17,20,29-30H,5,18-19H2,1-4H3. The lowest BCUT2D eigenvalue weighted by Gasteiger charge is -2.33. The number of nitrogens with zero attached hydrogens (tertiary/aromatic N) is 2. The Bertz CT molecular complexity index is 1210. The van der Waals surface area contributed by atoms with Gasteiger partial charge in [-0.25, -0.2) is 0 Å². The first-order chi connectivity index (χ1) is 16.4. The number of benzene rings is 2. The molecule has 34 heavy (non-hydrogen) atoms. The topological polar surface area (TPSA) is 54.3 Å². The molecular formula is C29H33N3O2. The summed E-state index contributed by atoms with van der Waals surface area (Å²) in [5.41, 5.74) is 5.04. The number of hydrogen-bond acceptors (Lipinski definition) is 3. The minimum absolute atomic E-state index is 0.0427. The molecule has 0 radical (unpaired) electrons. The quantitative estimate of drug-likeness (QED) is 0.472. The summed E-state index contributed by atoms with van der Waals surface area (Å²) in [6, 6.07) is 21.1. The van der Waals surface area contributed by atoms with Crippen LogP contribution in [0.25, 0.3) is 0 Å². The van der Waals surface area contributed by atoms with Crippen molar-refractivity contribution in [2.24, 2.45) is 13.0 Å². The summed E-state index contributed by atoms with van der Waals surface area (Å²) in [7, 11) is 1.97. The molecule has 0 saturated carbocycles. The van der Waals surface area contributed by atoms with Gasteiger partial charge in [-0.05, 0) is 42.2 Å². The van der Waals surface area contributed by atoms with Crippen molar-refractivity contribution in [2.75, 3.05) is 10.2 Å². The Morgan fingerprint density at radius 1 is 0.971 bits per heavy atom. The summed E-state index contributed by atoms with van der Waals surface area (Å²) in [6.07, 6.45) is 3.31. The predicted octanol–water partition coefficient (Wildman–Crippen LogP) is 6.05. The Morgan fingerprint density at radius 3 is 2.32 bits per heavy atom. The zero-order valence-corrected chi connectivity index (χ0v) is 20.4. The second-order valence-corrected chi connectivity index (χ2v) is 9.28. The first-order valence-corrected chi connectivity index (χ1v) is 12.0. The molecule has 1 aliphatic rings. The van der Waals surface area contributed by atoms with Gasteiger partial charge in [-0.2, -0.15) is 0 Å². The molecule has 5 nitrogen and oxygen atoms in total. The number of ketones is 1. The van der Waals surface area contributed by atoms with E-state index in [2.05, 4.69) is 26.1 Å². The van der Waals surface area contributed by atoms with Crippen molar-refractivity contribution in [3.05, 3.63) is 95.5 Å². The van der Waals surface area contributed by atoms with E-state index in [1.807, 2.05) is 89.4 Å². The third-order valence-corrected chi connectivity index (χ3v) is 6.28. The number of para-hydroxylation sites is 2. The Hall–Kier alpha value is -3.60. The molecule has 0 spiro atoms. The highest BCUT2D eigenvalue weighted by Gasteiger charge is 2.39. The smallest absolute Gasteiger partial charge is 0.232 e. The molecular weight excluding hydrogens is 422 g/mol. The zero-order chi connectivity index (χ0) is 24.2. The summed E-state index contributed by atoms with van der Waals surface area (Å²) in [5, 5.41) is 3.53. The van der Waals surface area contributed by atoms with Crippen LogP contribution < -0.4 is 10.2 Å². The van der Waals surface area contributed by atoms with Gasteiger partial charge < -0.3 is 9.88 Å². The van der Waals surface area contributed by atoms with Crippen molar-refractivity contribution in [1.82, 2.24) is 4.57 Å². The fourth-order valence-electron chi connectivity index (χ4n) is 4.71. The second kappa shape index (κ2) is 10.1. The lowest BCUT2D eigenvalue weighted by molar-refractivity contribution is -0.118. The monoisotopic (exact) mass is 455 g/mol. The second-order valence-electron chi connectivity index (χ2n) is 9.28. The van der Waals surface area contributed by atoms with E-state index < -0.39 is 6.04 Å². The molecule has 2 heterocycles. The molecule has 2 aromatic carbocycles. The van der Waals surface area contributed by atoms with E-state index in [-0.39, 0.29) is 24.0 Å². The molecule has 0 fully saturated rings. The number of carbonyl (C=O) groups excluding carboxylic acids is 2. The van der Waals surface area contributed by atoms with E-state index in [1.165, 1.54) is 0 Å². The van der Waals surface area contributed by atoms with Crippen molar-refractivity contribution < 1.29 is 9.59 Å². The van der Waals surface area contributed by atoms with Gasteiger partial charge in [-0.15, -0.1) is 0 Å². The highest BCUT2D eigenvalue weighted by Crippen LogP contribution is 2.43. The molecule has 0 aliphatic carbocycles. The minimum atomic E-state index is -0.520. The predicted molar refractivity (Wildman–Crippen MR) is 138 cm³/mol. The number of anilines is 2. The van der Waals surface area contributed by atoms with Crippen molar-refractivity contribution in [3.8, 4) is 0 Å². The fraction of sp³-hybridized carbons (Fsp3) is 0.310. The molecule has 1 atom stereocenters. The Kier molecular flexibility index (Phi) is 7.01. The third kappa shape index (κ3) is 4.69. The van der Waals surface area contributed by atoms with E-state index in [9.17, 15) is 9.59 Å². The zero-order valence-electron chi connectivity index (χ0n) is 20.4. The van der Waals surface area contributed by atoms with Crippen LogP contribution in [0, 0.1) is 5.92 Å². The molecule has 0 saturated heterocycles. The van der Waals surface area contributed by atoms with Gasteiger partial charge in [-0.3, -0.25) is 14.5 Å². The van der Waals surface area contributed by atoms with Gasteiger partial charge in [-0.1, -0.05) is 63.2 Å². The first-order valence-electron chi connectivity index (χ1n) is 12.0. The third-order valence-electron chi connectivity index (χ3n) is 6.28. The van der Waals surface area contributed by atoms with Gasteiger partial charge in [0.25, 0.3) is 0 Å². The molecule has 4 rings (SSSR count). The summed E-state index contributed by atoms with van der Waals surface area (Å²) in [4.78, 5) is 29.7. The summed E-state index contributed by atoms with van der Waals surface area (Å²) >= 11 is 0.